The second-order valence-electron chi connectivity index (χ2n) is 11.2. The molecule has 2 aliphatic rings. The SMILES string of the molecule is CCC1C(COC2/C=C/CCC(C)(C(N)=O)CC2)OC(OC)C(OCc2ccccc2)C1OCc1ccccc1. The Bertz CT molecular complexity index is 1060. The highest BCUT2D eigenvalue weighted by Crippen LogP contribution is 2.36. The summed E-state index contributed by atoms with van der Waals surface area (Å²) in [6.07, 6.45) is 6.39. The lowest BCUT2D eigenvalue weighted by molar-refractivity contribution is -0.306. The van der Waals surface area contributed by atoms with Crippen LogP contribution in [0.2, 0.25) is 0 Å². The van der Waals surface area contributed by atoms with E-state index in [1.54, 1.807) is 7.11 Å². The fraction of sp³-hybridized carbons (Fsp3) is 0.545. The van der Waals surface area contributed by atoms with Crippen LogP contribution in [0.5, 0.6) is 0 Å². The highest BCUT2D eigenvalue weighted by molar-refractivity contribution is 5.80. The van der Waals surface area contributed by atoms with Gasteiger partial charge in [-0.25, -0.2) is 0 Å². The van der Waals surface area contributed by atoms with Crippen LogP contribution in [-0.2, 0) is 41.7 Å². The largest absolute Gasteiger partial charge is 0.371 e. The summed E-state index contributed by atoms with van der Waals surface area (Å²) in [7, 11) is 1.64. The molecule has 0 bridgehead atoms. The molecule has 7 unspecified atom stereocenters. The average molecular weight is 552 g/mol. The Labute approximate surface area is 239 Å². The van der Waals surface area contributed by atoms with Gasteiger partial charge in [0.15, 0.2) is 6.29 Å². The lowest BCUT2D eigenvalue weighted by Gasteiger charge is -2.46. The molecular weight excluding hydrogens is 506 g/mol. The van der Waals surface area contributed by atoms with E-state index in [4.69, 9.17) is 29.4 Å². The predicted octanol–water partition coefficient (Wildman–Crippen LogP) is 5.56. The predicted molar refractivity (Wildman–Crippen MR) is 154 cm³/mol. The Morgan fingerprint density at radius 3 is 2.15 bits per heavy atom. The van der Waals surface area contributed by atoms with Crippen molar-refractivity contribution in [3.63, 3.8) is 0 Å². The molecule has 0 saturated carbocycles. The van der Waals surface area contributed by atoms with Crippen molar-refractivity contribution in [2.75, 3.05) is 13.7 Å². The Balaban J connectivity index is 1.48. The fourth-order valence-electron chi connectivity index (χ4n) is 5.67. The van der Waals surface area contributed by atoms with Crippen LogP contribution in [0.1, 0.15) is 57.1 Å². The number of rotatable bonds is 12. The minimum atomic E-state index is -0.605. The molecule has 1 aliphatic carbocycles. The van der Waals surface area contributed by atoms with E-state index in [1.165, 1.54) is 0 Å². The normalized spacial score (nSPS) is 31.7. The number of carbonyl (C=O) groups excluding carboxylic acids is 1. The minimum Gasteiger partial charge on any atom is -0.371 e. The minimum absolute atomic E-state index is 0.0318. The molecule has 4 rings (SSSR count). The number of hydrogen-bond acceptors (Lipinski definition) is 6. The van der Waals surface area contributed by atoms with Crippen molar-refractivity contribution in [3.8, 4) is 0 Å². The van der Waals surface area contributed by atoms with Gasteiger partial charge in [-0.15, -0.1) is 0 Å². The first-order chi connectivity index (χ1) is 19.4. The maximum Gasteiger partial charge on any atom is 0.223 e. The van der Waals surface area contributed by atoms with Crippen LogP contribution >= 0.6 is 0 Å². The Kier molecular flexibility index (Phi) is 11.3. The summed E-state index contributed by atoms with van der Waals surface area (Å²) >= 11 is 0. The number of allylic oxidation sites excluding steroid dienone is 1. The van der Waals surface area contributed by atoms with Crippen LogP contribution in [0.3, 0.4) is 0 Å². The number of carbonyl (C=O) groups is 1. The topological polar surface area (TPSA) is 89.2 Å². The van der Waals surface area contributed by atoms with Crippen molar-refractivity contribution in [1.29, 1.82) is 0 Å². The molecule has 7 atom stereocenters. The standard InChI is InChI=1S/C33H45NO6/c1-4-27-28(23-37-26-17-11-12-19-33(2,20-18-26)32(34)35)40-31(36-3)30(39-22-25-15-9-6-10-16-25)29(27)38-21-24-13-7-5-8-14-24/h5-11,13-17,26-31H,4,12,18-23H2,1-3H3,(H2,34,35)/b17-11+. The molecule has 2 aromatic carbocycles. The van der Waals surface area contributed by atoms with E-state index >= 15 is 0 Å². The molecule has 7 heteroatoms. The van der Waals surface area contributed by atoms with Crippen LogP contribution in [0.25, 0.3) is 0 Å². The van der Waals surface area contributed by atoms with Gasteiger partial charge < -0.3 is 29.4 Å². The van der Waals surface area contributed by atoms with Crippen LogP contribution in [0.15, 0.2) is 72.8 Å². The summed E-state index contributed by atoms with van der Waals surface area (Å²) in [6.45, 7) is 5.39. The maximum atomic E-state index is 12.1. The molecule has 40 heavy (non-hydrogen) atoms. The zero-order valence-corrected chi connectivity index (χ0v) is 24.1. The zero-order valence-electron chi connectivity index (χ0n) is 24.1. The number of hydrogen-bond donors (Lipinski definition) is 1. The summed E-state index contributed by atoms with van der Waals surface area (Å²) < 4.78 is 31.8. The van der Waals surface area contributed by atoms with Gasteiger partial charge in [0.25, 0.3) is 0 Å². The summed E-state index contributed by atoms with van der Waals surface area (Å²) in [5, 5.41) is 0. The van der Waals surface area contributed by atoms with E-state index in [-0.39, 0.29) is 30.1 Å². The second kappa shape index (κ2) is 14.9. The van der Waals surface area contributed by atoms with Gasteiger partial charge in [-0.1, -0.05) is 86.7 Å². The third-order valence-corrected chi connectivity index (χ3v) is 8.34. The summed E-state index contributed by atoms with van der Waals surface area (Å²) in [6, 6.07) is 20.3. The van der Waals surface area contributed by atoms with E-state index in [0.29, 0.717) is 26.2 Å². The summed E-state index contributed by atoms with van der Waals surface area (Å²) in [5.41, 5.74) is 7.39. The molecule has 7 nitrogen and oxygen atoms in total. The Morgan fingerprint density at radius 2 is 1.57 bits per heavy atom. The number of benzene rings is 2. The number of methoxy groups -OCH3 is 1. The fourth-order valence-corrected chi connectivity index (χ4v) is 5.67. The van der Waals surface area contributed by atoms with Gasteiger partial charge in [-0.3, -0.25) is 4.79 Å². The molecule has 1 fully saturated rings. The third-order valence-electron chi connectivity index (χ3n) is 8.34. The molecule has 2 aromatic rings. The number of primary amides is 1. The van der Waals surface area contributed by atoms with E-state index < -0.39 is 17.8 Å². The number of nitrogens with two attached hydrogens (primary N) is 1. The highest BCUT2D eigenvalue weighted by atomic mass is 16.7. The smallest absolute Gasteiger partial charge is 0.223 e. The van der Waals surface area contributed by atoms with E-state index in [1.807, 2.05) is 55.5 Å². The lowest BCUT2D eigenvalue weighted by Crippen LogP contribution is -2.58. The van der Waals surface area contributed by atoms with Gasteiger partial charge >= 0.3 is 0 Å². The van der Waals surface area contributed by atoms with Crippen molar-refractivity contribution in [1.82, 2.24) is 0 Å². The molecule has 218 valence electrons. The molecular formula is C33H45NO6. The quantitative estimate of drug-likeness (QED) is 0.348. The third kappa shape index (κ3) is 8.02. The zero-order chi connectivity index (χ0) is 28.4. The molecule has 0 spiro atoms. The van der Waals surface area contributed by atoms with Crippen molar-refractivity contribution in [2.24, 2.45) is 17.1 Å². The van der Waals surface area contributed by atoms with Crippen molar-refractivity contribution in [3.05, 3.63) is 83.9 Å². The van der Waals surface area contributed by atoms with Gasteiger partial charge in [0.05, 0.1) is 38.1 Å². The molecule has 1 aliphatic heterocycles. The summed E-state index contributed by atoms with van der Waals surface area (Å²) in [4.78, 5) is 12.1. The molecule has 1 saturated heterocycles. The maximum absolute atomic E-state index is 12.1. The summed E-state index contributed by atoms with van der Waals surface area (Å²) in [5.74, 6) is -0.213. The molecule has 1 heterocycles. The van der Waals surface area contributed by atoms with Gasteiger partial charge in [0, 0.05) is 18.4 Å². The first kappa shape index (κ1) is 30.4. The first-order valence-corrected chi connectivity index (χ1v) is 14.5. The van der Waals surface area contributed by atoms with Gasteiger partial charge in [-0.2, -0.15) is 0 Å². The Morgan fingerprint density at radius 1 is 0.950 bits per heavy atom. The number of amides is 1. The highest BCUT2D eigenvalue weighted by Gasteiger charge is 2.47. The van der Waals surface area contributed by atoms with Gasteiger partial charge in [0.1, 0.15) is 6.10 Å². The van der Waals surface area contributed by atoms with E-state index in [2.05, 4.69) is 31.2 Å². The molecule has 2 N–H and O–H groups in total. The molecule has 0 aromatic heterocycles. The Hall–Kier alpha value is -2.55. The number of ether oxygens (including phenoxy) is 5. The van der Waals surface area contributed by atoms with E-state index in [9.17, 15) is 4.79 Å². The second-order valence-corrected chi connectivity index (χ2v) is 11.2. The average Bonchev–Trinajstić information content (AvgIpc) is 2.97. The van der Waals surface area contributed by atoms with E-state index in [0.717, 1.165) is 36.8 Å². The molecule has 1 amide bonds. The van der Waals surface area contributed by atoms with Crippen LogP contribution < -0.4 is 5.73 Å². The van der Waals surface area contributed by atoms with Crippen molar-refractivity contribution in [2.45, 2.75) is 89.9 Å². The monoisotopic (exact) mass is 551 g/mol. The lowest BCUT2D eigenvalue weighted by atomic mass is 9.78. The van der Waals surface area contributed by atoms with Crippen molar-refractivity contribution < 1.29 is 28.5 Å². The van der Waals surface area contributed by atoms with Crippen LogP contribution in [0.4, 0.5) is 0 Å². The first-order valence-electron chi connectivity index (χ1n) is 14.5. The van der Waals surface area contributed by atoms with Gasteiger partial charge in [0.2, 0.25) is 5.91 Å². The van der Waals surface area contributed by atoms with Gasteiger partial charge in [-0.05, 0) is 43.2 Å². The molecule has 0 radical (unpaired) electrons. The van der Waals surface area contributed by atoms with Crippen molar-refractivity contribution >= 4 is 5.91 Å². The van der Waals surface area contributed by atoms with Crippen LogP contribution in [-0.4, -0.2) is 50.3 Å². The van der Waals surface area contributed by atoms with Crippen LogP contribution in [0, 0.1) is 11.3 Å².